The van der Waals surface area contributed by atoms with E-state index in [0.29, 0.717) is 12.4 Å². The van der Waals surface area contributed by atoms with Crippen molar-refractivity contribution < 1.29 is 28.4 Å². The Labute approximate surface area is 125 Å². The van der Waals surface area contributed by atoms with Crippen LogP contribution in [0.5, 0.6) is 0 Å². The quantitative estimate of drug-likeness (QED) is 0.672. The topological polar surface area (TPSA) is 55.4 Å². The molecule has 0 N–H and O–H groups in total. The van der Waals surface area contributed by atoms with Crippen LogP contribution in [-0.4, -0.2) is 45.3 Å². The molecule has 3 unspecified atom stereocenters. The predicted molar refractivity (Wildman–Crippen MR) is 73.1 cm³/mol. The Balaban J connectivity index is 1.48. The van der Waals surface area contributed by atoms with Crippen LogP contribution < -0.4 is 0 Å². The van der Waals surface area contributed by atoms with Crippen LogP contribution in [0.15, 0.2) is 12.0 Å². The fourth-order valence-electron chi connectivity index (χ4n) is 2.57. The maximum Gasteiger partial charge on any atom is 0.199 e. The van der Waals surface area contributed by atoms with Gasteiger partial charge in [0.25, 0.3) is 0 Å². The van der Waals surface area contributed by atoms with E-state index >= 15 is 0 Å². The molecule has 120 valence electrons. The van der Waals surface area contributed by atoms with E-state index in [1.165, 1.54) is 0 Å². The summed E-state index contributed by atoms with van der Waals surface area (Å²) in [5.74, 6) is 0.632. The number of rotatable bonds is 7. The molecule has 3 aliphatic heterocycles. The molecule has 6 heteroatoms. The molecule has 0 spiro atoms. The van der Waals surface area contributed by atoms with Crippen LogP contribution in [0.25, 0.3) is 0 Å². The Bertz CT molecular complexity index is 327. The van der Waals surface area contributed by atoms with Gasteiger partial charge in [0.05, 0.1) is 13.2 Å². The van der Waals surface area contributed by atoms with Crippen LogP contribution in [0.4, 0.5) is 0 Å². The summed E-state index contributed by atoms with van der Waals surface area (Å²) in [6.07, 6.45) is 6.95. The summed E-state index contributed by atoms with van der Waals surface area (Å²) in [6, 6.07) is 0. The van der Waals surface area contributed by atoms with E-state index in [4.69, 9.17) is 28.4 Å². The first-order valence-corrected chi connectivity index (χ1v) is 7.88. The summed E-state index contributed by atoms with van der Waals surface area (Å²) in [4.78, 5) is 0. The second kappa shape index (κ2) is 7.98. The van der Waals surface area contributed by atoms with E-state index in [9.17, 15) is 0 Å². The highest BCUT2D eigenvalue weighted by Crippen LogP contribution is 2.20. The summed E-state index contributed by atoms with van der Waals surface area (Å²) in [7, 11) is 0. The molecule has 0 radical (unpaired) electrons. The zero-order chi connectivity index (χ0) is 14.3. The minimum atomic E-state index is -0.197. The molecule has 3 heterocycles. The van der Waals surface area contributed by atoms with Crippen LogP contribution in [0.2, 0.25) is 0 Å². The first-order valence-electron chi connectivity index (χ1n) is 7.88. The molecule has 0 saturated carbocycles. The van der Waals surface area contributed by atoms with Gasteiger partial charge in [0.15, 0.2) is 24.6 Å². The van der Waals surface area contributed by atoms with Crippen molar-refractivity contribution in [2.24, 2.45) is 0 Å². The van der Waals surface area contributed by atoms with E-state index in [1.807, 2.05) is 0 Å². The van der Waals surface area contributed by atoms with Crippen molar-refractivity contribution in [3.63, 3.8) is 0 Å². The second-order valence-electron chi connectivity index (χ2n) is 5.48. The van der Waals surface area contributed by atoms with Crippen molar-refractivity contribution in [2.75, 3.05) is 26.4 Å². The summed E-state index contributed by atoms with van der Waals surface area (Å²) >= 11 is 0. The monoisotopic (exact) mass is 300 g/mol. The molecule has 3 atom stereocenters. The molecular weight excluding hydrogens is 276 g/mol. The van der Waals surface area contributed by atoms with Crippen molar-refractivity contribution in [1.82, 2.24) is 0 Å². The minimum Gasteiger partial charge on any atom is -0.469 e. The van der Waals surface area contributed by atoms with Gasteiger partial charge in [-0.1, -0.05) is 0 Å². The second-order valence-corrected chi connectivity index (χ2v) is 5.48. The number of ether oxygens (including phenoxy) is 6. The van der Waals surface area contributed by atoms with Gasteiger partial charge in [-0.3, -0.25) is 0 Å². The van der Waals surface area contributed by atoms with Crippen LogP contribution in [0, 0.1) is 0 Å². The molecule has 0 amide bonds. The van der Waals surface area contributed by atoms with Gasteiger partial charge in [0.2, 0.25) is 0 Å². The lowest BCUT2D eigenvalue weighted by Gasteiger charge is -2.18. The van der Waals surface area contributed by atoms with Crippen molar-refractivity contribution in [2.45, 2.75) is 57.4 Å². The van der Waals surface area contributed by atoms with Gasteiger partial charge >= 0.3 is 0 Å². The number of hydrogen-bond acceptors (Lipinski definition) is 6. The standard InChI is InChI=1S/C15H24O6/c1-4-13(16-7-1)19-10-12(21-15-6-3-9-18-15)11-20-14-5-2-8-17-14/h10,13-15H,1-9,11H2/b12-10-. The first-order chi connectivity index (χ1) is 10.4. The Morgan fingerprint density at radius 2 is 1.48 bits per heavy atom. The van der Waals surface area contributed by atoms with E-state index in [0.717, 1.165) is 58.3 Å². The highest BCUT2D eigenvalue weighted by molar-refractivity contribution is 4.89. The maximum atomic E-state index is 5.81. The zero-order valence-corrected chi connectivity index (χ0v) is 12.3. The zero-order valence-electron chi connectivity index (χ0n) is 12.3. The number of hydrogen-bond donors (Lipinski definition) is 0. The molecule has 3 saturated heterocycles. The van der Waals surface area contributed by atoms with Crippen LogP contribution in [0.3, 0.4) is 0 Å². The van der Waals surface area contributed by atoms with Gasteiger partial charge in [-0.05, 0) is 19.3 Å². The lowest BCUT2D eigenvalue weighted by Crippen LogP contribution is -2.18. The third kappa shape index (κ3) is 4.85. The normalized spacial score (nSPS) is 33.5. The fourth-order valence-corrected chi connectivity index (χ4v) is 2.57. The maximum absolute atomic E-state index is 5.81. The van der Waals surface area contributed by atoms with Gasteiger partial charge in [-0.25, -0.2) is 0 Å². The summed E-state index contributed by atoms with van der Waals surface area (Å²) in [6.45, 7) is 2.60. The van der Waals surface area contributed by atoms with E-state index in [1.54, 1.807) is 6.26 Å². The highest BCUT2D eigenvalue weighted by atomic mass is 16.7. The van der Waals surface area contributed by atoms with Crippen LogP contribution in [0.1, 0.15) is 38.5 Å². The molecular formula is C15H24O6. The van der Waals surface area contributed by atoms with Crippen molar-refractivity contribution >= 4 is 0 Å². The third-order valence-electron chi connectivity index (χ3n) is 3.71. The Kier molecular flexibility index (Phi) is 5.74. The van der Waals surface area contributed by atoms with Crippen LogP contribution in [-0.2, 0) is 28.4 Å². The van der Waals surface area contributed by atoms with Crippen molar-refractivity contribution in [3.05, 3.63) is 12.0 Å². The SMILES string of the molecule is C(/OC1CCCO1)=C(\COC1CCCO1)OC1CCCO1. The Hall–Kier alpha value is -0.820. The molecule has 6 nitrogen and oxygen atoms in total. The Morgan fingerprint density at radius 3 is 2.10 bits per heavy atom. The molecule has 3 aliphatic rings. The van der Waals surface area contributed by atoms with Crippen molar-refractivity contribution in [1.29, 1.82) is 0 Å². The van der Waals surface area contributed by atoms with Gasteiger partial charge in [-0.15, -0.1) is 0 Å². The largest absolute Gasteiger partial charge is 0.469 e. The highest BCUT2D eigenvalue weighted by Gasteiger charge is 2.22. The molecule has 0 aliphatic carbocycles. The molecule has 0 aromatic rings. The van der Waals surface area contributed by atoms with E-state index in [-0.39, 0.29) is 18.9 Å². The van der Waals surface area contributed by atoms with Gasteiger partial charge < -0.3 is 28.4 Å². The molecule has 3 fully saturated rings. The summed E-state index contributed by atoms with van der Waals surface area (Å²) in [5, 5.41) is 0. The Morgan fingerprint density at radius 1 is 0.857 bits per heavy atom. The smallest absolute Gasteiger partial charge is 0.199 e. The average molecular weight is 300 g/mol. The fraction of sp³-hybridized carbons (Fsp3) is 0.867. The summed E-state index contributed by atoms with van der Waals surface area (Å²) < 4.78 is 33.5. The molecule has 0 aromatic carbocycles. The molecule has 21 heavy (non-hydrogen) atoms. The van der Waals surface area contributed by atoms with Crippen molar-refractivity contribution in [3.8, 4) is 0 Å². The predicted octanol–water partition coefficient (Wildman–Crippen LogP) is 2.29. The average Bonchev–Trinajstić information content (AvgIpc) is 3.24. The van der Waals surface area contributed by atoms with Gasteiger partial charge in [0, 0.05) is 25.9 Å². The third-order valence-corrected chi connectivity index (χ3v) is 3.71. The lowest BCUT2D eigenvalue weighted by atomic mass is 10.3. The molecule has 0 bridgehead atoms. The van der Waals surface area contributed by atoms with Gasteiger partial charge in [-0.2, -0.15) is 0 Å². The van der Waals surface area contributed by atoms with Crippen LogP contribution >= 0.6 is 0 Å². The molecule has 0 aromatic heterocycles. The van der Waals surface area contributed by atoms with E-state index < -0.39 is 0 Å². The van der Waals surface area contributed by atoms with Gasteiger partial charge in [0.1, 0.15) is 12.9 Å². The van der Waals surface area contributed by atoms with E-state index in [2.05, 4.69) is 0 Å². The molecule has 3 rings (SSSR count). The lowest BCUT2D eigenvalue weighted by molar-refractivity contribution is -0.136. The summed E-state index contributed by atoms with van der Waals surface area (Å²) in [5.41, 5.74) is 0. The first kappa shape index (κ1) is 15.1. The minimum absolute atomic E-state index is 0.135.